The van der Waals surface area contributed by atoms with Gasteiger partial charge >= 0.3 is 6.09 Å². The first kappa shape index (κ1) is 26.5. The van der Waals surface area contributed by atoms with Crippen LogP contribution in [-0.4, -0.2) is 59.3 Å². The van der Waals surface area contributed by atoms with E-state index in [2.05, 4.69) is 17.6 Å². The zero-order valence-corrected chi connectivity index (χ0v) is 23.1. The number of hydrogen-bond donors (Lipinski definition) is 2. The first-order valence-electron chi connectivity index (χ1n) is 14.2. The summed E-state index contributed by atoms with van der Waals surface area (Å²) < 4.78 is 5.76. The van der Waals surface area contributed by atoms with Crippen molar-refractivity contribution in [1.82, 2.24) is 15.1 Å². The average Bonchev–Trinajstić information content (AvgIpc) is 3.68. The van der Waals surface area contributed by atoms with Gasteiger partial charge in [-0.15, -0.1) is 0 Å². The molecule has 40 heavy (non-hydrogen) atoms. The van der Waals surface area contributed by atoms with Gasteiger partial charge in [0.2, 0.25) is 17.4 Å². The van der Waals surface area contributed by atoms with Crippen LogP contribution >= 0.6 is 0 Å². The summed E-state index contributed by atoms with van der Waals surface area (Å²) in [6, 6.07) is 15.4. The van der Waals surface area contributed by atoms with E-state index < -0.39 is 23.0 Å². The molecule has 0 radical (unpaired) electrons. The molecule has 1 spiro atoms. The summed E-state index contributed by atoms with van der Waals surface area (Å²) in [5.74, 6) is -0.0474. The van der Waals surface area contributed by atoms with E-state index in [1.54, 1.807) is 12.1 Å². The number of hydrogen-bond acceptors (Lipinski definition) is 6. The molecule has 2 aliphatic carbocycles. The summed E-state index contributed by atoms with van der Waals surface area (Å²) in [7, 11) is 0. The highest BCUT2D eigenvalue weighted by atomic mass is 16.6. The molecule has 0 aromatic heterocycles. The molecule has 0 bridgehead atoms. The van der Waals surface area contributed by atoms with Gasteiger partial charge < -0.3 is 20.3 Å². The number of rotatable bonds is 9. The number of imide groups is 1. The Morgan fingerprint density at radius 3 is 2.58 bits per heavy atom. The highest BCUT2D eigenvalue weighted by molar-refractivity contribution is 6.04. The number of amides is 4. The van der Waals surface area contributed by atoms with Crippen LogP contribution < -0.4 is 10.6 Å². The molecule has 2 heterocycles. The van der Waals surface area contributed by atoms with Gasteiger partial charge in [0.25, 0.3) is 5.91 Å². The second-order valence-corrected chi connectivity index (χ2v) is 12.0. The summed E-state index contributed by atoms with van der Waals surface area (Å²) in [5, 5.41) is 6.11. The van der Waals surface area contributed by atoms with Crippen LogP contribution in [0.1, 0.15) is 56.2 Å². The third-order valence-electron chi connectivity index (χ3n) is 9.06. The topological polar surface area (TPSA) is 108 Å². The summed E-state index contributed by atoms with van der Waals surface area (Å²) in [4.78, 5) is 55.6. The number of ether oxygens (including phenoxy) is 1. The lowest BCUT2D eigenvalue weighted by Gasteiger charge is -2.37. The number of carbonyl (C=O) groups excluding carboxylic acids is 4. The molecular weight excluding hydrogens is 508 g/mol. The average molecular weight is 545 g/mol. The molecule has 2 aromatic rings. The third kappa shape index (κ3) is 4.66. The lowest BCUT2D eigenvalue weighted by atomic mass is 9.83. The predicted octanol–water partition coefficient (Wildman–Crippen LogP) is 3.57. The van der Waals surface area contributed by atoms with Crippen LogP contribution in [0.2, 0.25) is 0 Å². The summed E-state index contributed by atoms with van der Waals surface area (Å²) >= 11 is 0. The molecule has 2 aromatic carbocycles. The van der Waals surface area contributed by atoms with E-state index in [1.165, 1.54) is 0 Å². The lowest BCUT2D eigenvalue weighted by molar-refractivity contribution is -0.138. The minimum atomic E-state index is -1.37. The third-order valence-corrected chi connectivity index (χ3v) is 9.06. The van der Waals surface area contributed by atoms with Crippen molar-refractivity contribution in [2.45, 2.75) is 64.1 Å². The van der Waals surface area contributed by atoms with Gasteiger partial charge in [0.1, 0.15) is 0 Å². The van der Waals surface area contributed by atoms with Gasteiger partial charge in [-0.05, 0) is 62.3 Å². The van der Waals surface area contributed by atoms with E-state index in [-0.39, 0.29) is 30.8 Å². The molecule has 1 unspecified atom stereocenters. The van der Waals surface area contributed by atoms with Crippen LogP contribution in [0.4, 0.5) is 10.5 Å². The van der Waals surface area contributed by atoms with Gasteiger partial charge in [0.05, 0.1) is 5.41 Å². The van der Waals surface area contributed by atoms with Crippen molar-refractivity contribution in [2.24, 2.45) is 11.3 Å². The Labute approximate surface area is 234 Å². The van der Waals surface area contributed by atoms with Crippen molar-refractivity contribution < 1.29 is 23.9 Å². The normalized spacial score (nSPS) is 23.4. The summed E-state index contributed by atoms with van der Waals surface area (Å²) in [6.07, 6.45) is 2.45. The number of aryl methyl sites for hydroxylation is 1. The molecule has 9 nitrogen and oxygen atoms in total. The van der Waals surface area contributed by atoms with Crippen LogP contribution in [0.3, 0.4) is 0 Å². The Hall–Kier alpha value is -3.72. The molecule has 2 N–H and O–H groups in total. The van der Waals surface area contributed by atoms with Crippen molar-refractivity contribution in [1.29, 1.82) is 0 Å². The van der Waals surface area contributed by atoms with E-state index in [0.29, 0.717) is 49.6 Å². The van der Waals surface area contributed by atoms with Crippen molar-refractivity contribution in [3.8, 4) is 0 Å². The smallest absolute Gasteiger partial charge is 0.418 e. The molecule has 4 amide bonds. The van der Waals surface area contributed by atoms with Crippen LogP contribution in [0.25, 0.3) is 0 Å². The Bertz CT molecular complexity index is 1350. The van der Waals surface area contributed by atoms with Crippen LogP contribution in [0.5, 0.6) is 0 Å². The Morgan fingerprint density at radius 2 is 1.90 bits per heavy atom. The largest absolute Gasteiger partial charge is 0.427 e. The summed E-state index contributed by atoms with van der Waals surface area (Å²) in [6.45, 7) is 5.76. The molecule has 6 rings (SSSR count). The minimum absolute atomic E-state index is 0.0168. The second-order valence-electron chi connectivity index (χ2n) is 12.0. The molecule has 3 fully saturated rings. The molecule has 210 valence electrons. The molecule has 4 aliphatic rings. The van der Waals surface area contributed by atoms with Gasteiger partial charge in [-0.3, -0.25) is 14.4 Å². The number of anilines is 1. The maximum absolute atomic E-state index is 13.6. The molecule has 1 saturated carbocycles. The standard InChI is InChI=1S/C31H36N4O5/c1-20(22-8-9-22)35(17-21-6-4-3-5-7-21)26(36)13-15-34-28(38)31(40-29(34)39)14-12-23-16-24(10-11-25(23)31)33-27(37)30(2)18-32-19-30/h3-7,10-11,16,20,22,32H,8-9,12-15,17-19H2,1-2H3,(H,33,37)/t20-,31?/m0/s1. The van der Waals surface area contributed by atoms with E-state index in [4.69, 9.17) is 4.74 Å². The van der Waals surface area contributed by atoms with Gasteiger partial charge in [0.15, 0.2) is 0 Å². The fraction of sp³-hybridized carbons (Fsp3) is 0.484. The van der Waals surface area contributed by atoms with Crippen molar-refractivity contribution >= 4 is 29.5 Å². The zero-order valence-electron chi connectivity index (χ0n) is 23.1. The van der Waals surface area contributed by atoms with Gasteiger partial charge in [-0.2, -0.15) is 0 Å². The lowest BCUT2D eigenvalue weighted by Crippen LogP contribution is -2.58. The van der Waals surface area contributed by atoms with E-state index in [0.717, 1.165) is 28.9 Å². The number of nitrogens with zero attached hydrogens (tertiary/aromatic N) is 2. The molecule has 2 aliphatic heterocycles. The SMILES string of the molecule is C[C@@H](C1CC1)N(Cc1ccccc1)C(=O)CCN1C(=O)OC2(CCc3cc(NC(=O)C4(C)CNC4)ccc32)C1=O. The molecule has 9 heteroatoms. The highest BCUT2D eigenvalue weighted by Crippen LogP contribution is 2.46. The number of carbonyl (C=O) groups is 4. The Kier molecular flexibility index (Phi) is 6.65. The first-order chi connectivity index (χ1) is 19.2. The van der Waals surface area contributed by atoms with Crippen molar-refractivity contribution in [3.05, 3.63) is 65.2 Å². The minimum Gasteiger partial charge on any atom is -0.427 e. The monoisotopic (exact) mass is 544 g/mol. The van der Waals surface area contributed by atoms with Crippen LogP contribution in [0, 0.1) is 11.3 Å². The molecular formula is C31H36N4O5. The van der Waals surface area contributed by atoms with Crippen molar-refractivity contribution in [2.75, 3.05) is 25.0 Å². The van der Waals surface area contributed by atoms with E-state index >= 15 is 0 Å². The number of fused-ring (bicyclic) bond motifs is 2. The molecule has 2 atom stereocenters. The summed E-state index contributed by atoms with van der Waals surface area (Å²) in [5.41, 5.74) is 1.45. The van der Waals surface area contributed by atoms with Crippen LogP contribution in [-0.2, 0) is 37.7 Å². The van der Waals surface area contributed by atoms with Gasteiger partial charge in [0, 0.05) is 56.3 Å². The number of nitrogens with one attached hydrogen (secondary N) is 2. The maximum Gasteiger partial charge on any atom is 0.418 e. The van der Waals surface area contributed by atoms with E-state index in [1.807, 2.05) is 48.2 Å². The fourth-order valence-electron chi connectivity index (χ4n) is 6.15. The molecule has 2 saturated heterocycles. The predicted molar refractivity (Wildman–Crippen MR) is 148 cm³/mol. The maximum atomic E-state index is 13.6. The zero-order chi connectivity index (χ0) is 28.1. The number of benzene rings is 2. The first-order valence-corrected chi connectivity index (χ1v) is 14.2. The quantitative estimate of drug-likeness (QED) is 0.500. The highest BCUT2D eigenvalue weighted by Gasteiger charge is 2.58. The van der Waals surface area contributed by atoms with Crippen LogP contribution in [0.15, 0.2) is 48.5 Å². The van der Waals surface area contributed by atoms with Gasteiger partial charge in [-0.1, -0.05) is 36.4 Å². The Balaban J connectivity index is 1.13. The second kappa shape index (κ2) is 10.0. The van der Waals surface area contributed by atoms with Gasteiger partial charge in [-0.25, -0.2) is 9.69 Å². The fourth-order valence-corrected chi connectivity index (χ4v) is 6.15. The van der Waals surface area contributed by atoms with Crippen molar-refractivity contribution in [3.63, 3.8) is 0 Å². The Morgan fingerprint density at radius 1 is 1.15 bits per heavy atom. The van der Waals surface area contributed by atoms with E-state index in [9.17, 15) is 19.2 Å².